The van der Waals surface area contributed by atoms with E-state index in [1.165, 1.54) is 24.3 Å². The summed E-state index contributed by atoms with van der Waals surface area (Å²) in [5, 5.41) is 0.332. The highest BCUT2D eigenvalue weighted by Gasteiger charge is 2.29. The third-order valence-electron chi connectivity index (χ3n) is 6.06. The van der Waals surface area contributed by atoms with E-state index >= 15 is 0 Å². The van der Waals surface area contributed by atoms with Crippen LogP contribution in [0.25, 0.3) is 5.57 Å². The van der Waals surface area contributed by atoms with Crippen molar-refractivity contribution in [1.29, 1.82) is 0 Å². The van der Waals surface area contributed by atoms with Crippen LogP contribution in [-0.4, -0.2) is 38.0 Å². The normalized spacial score (nSPS) is 17.4. The van der Waals surface area contributed by atoms with Gasteiger partial charge in [-0.15, -0.1) is 11.6 Å². The molecule has 0 radical (unpaired) electrons. The number of alkyl halides is 1. The molecule has 2 amide bonds. The Morgan fingerprint density at radius 2 is 1.68 bits per heavy atom. The lowest BCUT2D eigenvalue weighted by Gasteiger charge is -2.26. The maximum Gasteiger partial charge on any atom is 0.405 e. The number of hydrogen-bond acceptors (Lipinski definition) is 6. The summed E-state index contributed by atoms with van der Waals surface area (Å²) < 4.78 is 37.9. The maximum absolute atomic E-state index is 12.7. The fourth-order valence-electron chi connectivity index (χ4n) is 3.94. The molecular formula is C29H26Cl2N2O6S. The van der Waals surface area contributed by atoms with Crippen LogP contribution in [0.1, 0.15) is 17.5 Å². The molecule has 8 nitrogen and oxygen atoms in total. The number of nitrogens with one attached hydrogen (secondary N) is 1. The van der Waals surface area contributed by atoms with Gasteiger partial charge in [0.2, 0.25) is 0 Å². The van der Waals surface area contributed by atoms with Gasteiger partial charge in [-0.25, -0.2) is 17.9 Å². The lowest BCUT2D eigenvalue weighted by Crippen LogP contribution is -2.42. The Kier molecular flexibility index (Phi) is 9.19. The highest BCUT2D eigenvalue weighted by atomic mass is 35.5. The van der Waals surface area contributed by atoms with E-state index in [0.29, 0.717) is 22.8 Å². The second kappa shape index (κ2) is 12.6. The molecule has 3 aromatic carbocycles. The zero-order chi connectivity index (χ0) is 28.8. The zero-order valence-electron chi connectivity index (χ0n) is 21.1. The van der Waals surface area contributed by atoms with Crippen LogP contribution in [0.4, 0.5) is 4.79 Å². The summed E-state index contributed by atoms with van der Waals surface area (Å²) in [6.45, 7) is 0.224. The van der Waals surface area contributed by atoms with Crippen molar-refractivity contribution in [2.45, 2.75) is 28.7 Å². The number of sulfonamides is 1. The van der Waals surface area contributed by atoms with Gasteiger partial charge in [0.15, 0.2) is 6.10 Å². The fourth-order valence-corrected chi connectivity index (χ4v) is 5.27. The van der Waals surface area contributed by atoms with E-state index in [1.54, 1.807) is 24.3 Å². The first-order valence-corrected chi connectivity index (χ1v) is 14.4. The molecule has 0 fully saturated rings. The minimum Gasteiger partial charge on any atom is -0.491 e. The molecule has 0 aromatic heterocycles. The SMILES string of the molecule is NC(=O)OC(Cc1ccc(OCC2(Cl)C=CC(c3ccccc3)=CC2)cc1)C(=O)NS(=O)(=O)c1ccc(Cl)cc1. The zero-order valence-corrected chi connectivity index (χ0v) is 23.5. The maximum atomic E-state index is 12.7. The summed E-state index contributed by atoms with van der Waals surface area (Å²) in [5.41, 5.74) is 7.90. The number of primary amides is 1. The number of amides is 2. The predicted octanol–water partition coefficient (Wildman–Crippen LogP) is 5.25. The lowest BCUT2D eigenvalue weighted by molar-refractivity contribution is -0.127. The summed E-state index contributed by atoms with van der Waals surface area (Å²) in [7, 11) is -4.23. The van der Waals surface area contributed by atoms with E-state index in [9.17, 15) is 18.0 Å². The second-order valence-corrected chi connectivity index (χ2v) is 12.0. The van der Waals surface area contributed by atoms with Crippen LogP contribution in [0, 0.1) is 0 Å². The smallest absolute Gasteiger partial charge is 0.405 e. The molecule has 3 aromatic rings. The molecule has 0 bridgehead atoms. The summed E-state index contributed by atoms with van der Waals surface area (Å²) in [5.74, 6) is -0.512. The number of benzene rings is 3. The molecule has 40 heavy (non-hydrogen) atoms. The minimum atomic E-state index is -4.23. The molecule has 1 aliphatic carbocycles. The Morgan fingerprint density at radius 3 is 2.27 bits per heavy atom. The topological polar surface area (TPSA) is 125 Å². The van der Waals surface area contributed by atoms with Crippen molar-refractivity contribution in [2.24, 2.45) is 5.73 Å². The quantitative estimate of drug-likeness (QED) is 0.306. The molecule has 0 saturated carbocycles. The van der Waals surface area contributed by atoms with Crippen LogP contribution in [0.3, 0.4) is 0 Å². The number of halogens is 2. The van der Waals surface area contributed by atoms with E-state index in [-0.39, 0.29) is 17.9 Å². The van der Waals surface area contributed by atoms with Crippen molar-refractivity contribution in [1.82, 2.24) is 4.72 Å². The first-order chi connectivity index (χ1) is 19.0. The van der Waals surface area contributed by atoms with Crippen LogP contribution >= 0.6 is 23.2 Å². The molecule has 0 spiro atoms. The van der Waals surface area contributed by atoms with Gasteiger partial charge in [0.05, 0.1) is 4.90 Å². The predicted molar refractivity (Wildman–Crippen MR) is 154 cm³/mol. The molecule has 0 heterocycles. The van der Waals surface area contributed by atoms with Crippen molar-refractivity contribution in [2.75, 3.05) is 6.61 Å². The lowest BCUT2D eigenvalue weighted by atomic mass is 9.93. The summed E-state index contributed by atoms with van der Waals surface area (Å²) >= 11 is 12.5. The van der Waals surface area contributed by atoms with Crippen LogP contribution in [0.5, 0.6) is 5.75 Å². The van der Waals surface area contributed by atoms with Gasteiger partial charge in [0, 0.05) is 11.4 Å². The molecule has 3 N–H and O–H groups in total. The van der Waals surface area contributed by atoms with E-state index in [4.69, 9.17) is 38.4 Å². The fraction of sp³-hybridized carbons (Fsp3) is 0.172. The second-order valence-electron chi connectivity index (χ2n) is 9.08. The average molecular weight is 602 g/mol. The molecule has 0 aliphatic heterocycles. The number of ether oxygens (including phenoxy) is 2. The number of allylic oxidation sites excluding steroid dienone is 3. The first kappa shape index (κ1) is 29.2. The van der Waals surface area contributed by atoms with Gasteiger partial charge in [-0.1, -0.05) is 72.3 Å². The molecule has 0 saturated heterocycles. The number of nitrogens with two attached hydrogens (primary N) is 1. The Balaban J connectivity index is 1.35. The largest absolute Gasteiger partial charge is 0.491 e. The molecule has 2 atom stereocenters. The number of carbonyl (C=O) groups excluding carboxylic acids is 2. The van der Waals surface area contributed by atoms with Crippen molar-refractivity contribution in [3.8, 4) is 5.75 Å². The number of hydrogen-bond donors (Lipinski definition) is 2. The van der Waals surface area contributed by atoms with Gasteiger partial charge in [-0.2, -0.15) is 0 Å². The summed E-state index contributed by atoms with van der Waals surface area (Å²) in [6, 6.07) is 21.9. The van der Waals surface area contributed by atoms with Gasteiger partial charge < -0.3 is 15.2 Å². The summed E-state index contributed by atoms with van der Waals surface area (Å²) in [4.78, 5) is 23.3. The first-order valence-electron chi connectivity index (χ1n) is 12.2. The van der Waals surface area contributed by atoms with Crippen LogP contribution in [0.2, 0.25) is 5.02 Å². The van der Waals surface area contributed by atoms with Gasteiger partial charge in [0.1, 0.15) is 17.2 Å². The minimum absolute atomic E-state index is 0.125. The van der Waals surface area contributed by atoms with Gasteiger partial charge in [-0.3, -0.25) is 4.79 Å². The Bertz CT molecular complexity index is 1520. The average Bonchev–Trinajstić information content (AvgIpc) is 2.93. The van der Waals surface area contributed by atoms with E-state index in [0.717, 1.165) is 11.1 Å². The number of carbonyl (C=O) groups is 2. The van der Waals surface area contributed by atoms with Gasteiger partial charge >= 0.3 is 6.09 Å². The Hall–Kier alpha value is -3.79. The standard InChI is InChI=1S/C29H26Cl2N2O6S/c30-23-8-12-25(13-9-23)40(36,37)33-27(34)26(39-28(32)35)18-20-6-10-24(11-7-20)38-19-29(31)16-14-22(15-17-29)21-4-2-1-3-5-21/h1-16,26H,17-19H2,(H2,32,35)(H,33,34). The van der Waals surface area contributed by atoms with Crippen molar-refractivity contribution < 1.29 is 27.5 Å². The monoisotopic (exact) mass is 600 g/mol. The Labute approximate surface area is 242 Å². The van der Waals surface area contributed by atoms with Crippen molar-refractivity contribution in [3.05, 3.63) is 113 Å². The molecule has 4 rings (SSSR count). The molecular weight excluding hydrogens is 575 g/mol. The van der Waals surface area contributed by atoms with Crippen molar-refractivity contribution >= 4 is 50.8 Å². The van der Waals surface area contributed by atoms with E-state index < -0.39 is 33.0 Å². The van der Waals surface area contributed by atoms with Gasteiger partial charge in [-0.05, 0) is 59.5 Å². The third-order valence-corrected chi connectivity index (χ3v) is 8.07. The highest BCUT2D eigenvalue weighted by Crippen LogP contribution is 2.32. The molecule has 2 unspecified atom stereocenters. The van der Waals surface area contributed by atoms with Crippen molar-refractivity contribution in [3.63, 3.8) is 0 Å². The number of rotatable bonds is 10. The van der Waals surface area contributed by atoms with Crippen LogP contribution in [0.15, 0.2) is 102 Å². The van der Waals surface area contributed by atoms with E-state index in [1.807, 2.05) is 47.2 Å². The summed E-state index contributed by atoms with van der Waals surface area (Å²) in [6.07, 6.45) is 3.74. The molecule has 1 aliphatic rings. The van der Waals surface area contributed by atoms with Crippen LogP contribution < -0.4 is 15.2 Å². The Morgan fingerprint density at radius 1 is 1.00 bits per heavy atom. The van der Waals surface area contributed by atoms with E-state index in [2.05, 4.69) is 6.08 Å². The van der Waals surface area contributed by atoms with Crippen LogP contribution in [-0.2, 0) is 26.0 Å². The highest BCUT2D eigenvalue weighted by molar-refractivity contribution is 7.90. The molecule has 11 heteroatoms. The molecule has 208 valence electrons. The van der Waals surface area contributed by atoms with Gasteiger partial charge in [0.25, 0.3) is 15.9 Å². The third kappa shape index (κ3) is 7.88.